The summed E-state index contributed by atoms with van der Waals surface area (Å²) < 4.78 is 52.8. The minimum Gasteiger partial charge on any atom is -0.497 e. The smallest absolute Gasteiger partial charge is 0.247 e. The fourth-order valence-corrected chi connectivity index (χ4v) is 5.21. The van der Waals surface area contributed by atoms with Crippen LogP contribution in [-0.2, 0) is 16.6 Å². The molecule has 154 valence electrons. The molecule has 1 unspecified atom stereocenters. The molecule has 0 amide bonds. The SMILES string of the molecule is COc1ccc(OC)c(S(=O)(=O)N(Cc2cccc(F)c2)C2CCN(C#N)C2)c1. The van der Waals surface area contributed by atoms with Crippen molar-refractivity contribution in [3.8, 4) is 17.7 Å². The molecule has 0 spiro atoms. The van der Waals surface area contributed by atoms with E-state index in [-0.39, 0.29) is 23.7 Å². The van der Waals surface area contributed by atoms with E-state index in [1.165, 1.54) is 53.8 Å². The molecule has 9 heteroatoms. The van der Waals surface area contributed by atoms with E-state index in [0.717, 1.165) is 0 Å². The van der Waals surface area contributed by atoms with E-state index in [4.69, 9.17) is 9.47 Å². The van der Waals surface area contributed by atoms with E-state index >= 15 is 0 Å². The first-order valence-corrected chi connectivity index (χ1v) is 10.5. The highest BCUT2D eigenvalue weighted by molar-refractivity contribution is 7.89. The Kier molecular flexibility index (Phi) is 6.25. The van der Waals surface area contributed by atoms with Crippen LogP contribution < -0.4 is 9.47 Å². The van der Waals surface area contributed by atoms with E-state index < -0.39 is 21.9 Å². The van der Waals surface area contributed by atoms with Gasteiger partial charge in [0, 0.05) is 31.7 Å². The van der Waals surface area contributed by atoms with E-state index in [1.807, 2.05) is 0 Å². The first-order chi connectivity index (χ1) is 13.9. The highest BCUT2D eigenvalue weighted by atomic mass is 32.2. The molecule has 1 aliphatic rings. The van der Waals surface area contributed by atoms with Crippen molar-refractivity contribution in [2.75, 3.05) is 27.3 Å². The topological polar surface area (TPSA) is 82.9 Å². The third-order valence-corrected chi connectivity index (χ3v) is 6.82. The zero-order chi connectivity index (χ0) is 21.0. The van der Waals surface area contributed by atoms with Gasteiger partial charge in [-0.15, -0.1) is 0 Å². The van der Waals surface area contributed by atoms with Gasteiger partial charge < -0.3 is 14.4 Å². The number of methoxy groups -OCH3 is 2. The highest BCUT2D eigenvalue weighted by Gasteiger charge is 2.37. The van der Waals surface area contributed by atoms with Crippen LogP contribution >= 0.6 is 0 Å². The Bertz CT molecular complexity index is 1020. The predicted molar refractivity (Wildman–Crippen MR) is 104 cm³/mol. The summed E-state index contributed by atoms with van der Waals surface area (Å²) in [5, 5.41) is 9.18. The lowest BCUT2D eigenvalue weighted by molar-refractivity contribution is 0.311. The molecule has 29 heavy (non-hydrogen) atoms. The molecule has 0 saturated carbocycles. The summed E-state index contributed by atoms with van der Waals surface area (Å²) in [6.07, 6.45) is 2.56. The van der Waals surface area contributed by atoms with Gasteiger partial charge in [0.2, 0.25) is 10.0 Å². The van der Waals surface area contributed by atoms with Gasteiger partial charge in [-0.3, -0.25) is 0 Å². The van der Waals surface area contributed by atoms with Crippen molar-refractivity contribution >= 4 is 10.0 Å². The van der Waals surface area contributed by atoms with Crippen molar-refractivity contribution < 1.29 is 22.3 Å². The van der Waals surface area contributed by atoms with Crippen molar-refractivity contribution in [2.45, 2.75) is 23.9 Å². The molecule has 0 aliphatic carbocycles. The van der Waals surface area contributed by atoms with Crippen LogP contribution in [0.3, 0.4) is 0 Å². The number of benzene rings is 2. The van der Waals surface area contributed by atoms with Gasteiger partial charge in [-0.2, -0.15) is 9.57 Å². The summed E-state index contributed by atoms with van der Waals surface area (Å²) in [6.45, 7) is 0.716. The highest BCUT2D eigenvalue weighted by Crippen LogP contribution is 2.33. The van der Waals surface area contributed by atoms with Crippen LogP contribution in [0, 0.1) is 17.3 Å². The van der Waals surface area contributed by atoms with E-state index in [9.17, 15) is 18.1 Å². The van der Waals surface area contributed by atoms with Gasteiger partial charge in [0.05, 0.1) is 14.2 Å². The number of hydrogen-bond acceptors (Lipinski definition) is 6. The zero-order valence-electron chi connectivity index (χ0n) is 16.2. The molecular weight excluding hydrogens is 397 g/mol. The fraction of sp³-hybridized carbons (Fsp3) is 0.350. The molecule has 1 atom stereocenters. The van der Waals surface area contributed by atoms with Crippen LogP contribution in [0.5, 0.6) is 11.5 Å². The van der Waals surface area contributed by atoms with Crippen LogP contribution in [0.25, 0.3) is 0 Å². The first kappa shape index (κ1) is 20.9. The average molecular weight is 419 g/mol. The van der Waals surface area contributed by atoms with Crippen molar-refractivity contribution in [1.29, 1.82) is 5.26 Å². The maximum atomic E-state index is 13.7. The predicted octanol–water partition coefficient (Wildman–Crippen LogP) is 2.59. The Balaban J connectivity index is 2.06. The van der Waals surface area contributed by atoms with Gasteiger partial charge in [-0.1, -0.05) is 12.1 Å². The molecule has 3 rings (SSSR count). The number of likely N-dealkylation sites (tertiary alicyclic amines) is 1. The molecule has 2 aromatic rings. The Hall–Kier alpha value is -2.83. The maximum absolute atomic E-state index is 13.7. The van der Waals surface area contributed by atoms with Gasteiger partial charge in [0.25, 0.3) is 0 Å². The lowest BCUT2D eigenvalue weighted by Gasteiger charge is -2.28. The van der Waals surface area contributed by atoms with Crippen LogP contribution in [0.15, 0.2) is 47.4 Å². The zero-order valence-corrected chi connectivity index (χ0v) is 17.0. The molecule has 0 bridgehead atoms. The molecule has 1 aliphatic heterocycles. The molecule has 0 radical (unpaired) electrons. The van der Waals surface area contributed by atoms with E-state index in [0.29, 0.717) is 24.3 Å². The van der Waals surface area contributed by atoms with E-state index in [1.54, 1.807) is 12.1 Å². The number of sulfonamides is 1. The number of rotatable bonds is 7. The number of halogens is 1. The second-order valence-electron chi connectivity index (χ2n) is 6.69. The molecule has 0 N–H and O–H groups in total. The van der Waals surface area contributed by atoms with E-state index in [2.05, 4.69) is 6.19 Å². The summed E-state index contributed by atoms with van der Waals surface area (Å²) >= 11 is 0. The second kappa shape index (κ2) is 8.68. The fourth-order valence-electron chi connectivity index (χ4n) is 3.41. The summed E-state index contributed by atoms with van der Waals surface area (Å²) in [4.78, 5) is 1.48. The molecule has 1 fully saturated rings. The summed E-state index contributed by atoms with van der Waals surface area (Å²) in [5.41, 5.74) is 0.519. The average Bonchev–Trinajstić information content (AvgIpc) is 3.20. The van der Waals surface area contributed by atoms with Gasteiger partial charge in [0.1, 0.15) is 22.2 Å². The van der Waals surface area contributed by atoms with Crippen LogP contribution in [0.2, 0.25) is 0 Å². The molecule has 2 aromatic carbocycles. The lowest BCUT2D eigenvalue weighted by atomic mass is 10.2. The Morgan fingerprint density at radius 1 is 1.24 bits per heavy atom. The molecule has 1 saturated heterocycles. The molecule has 1 heterocycles. The Morgan fingerprint density at radius 3 is 2.66 bits per heavy atom. The summed E-state index contributed by atoms with van der Waals surface area (Å²) in [5.74, 6) is 0.120. The quantitative estimate of drug-likeness (QED) is 0.642. The van der Waals surface area contributed by atoms with Gasteiger partial charge in [-0.05, 0) is 36.2 Å². The lowest BCUT2D eigenvalue weighted by Crippen LogP contribution is -2.41. The van der Waals surface area contributed by atoms with Crippen LogP contribution in [-0.4, -0.2) is 51.0 Å². The maximum Gasteiger partial charge on any atom is 0.247 e. The van der Waals surface area contributed by atoms with Crippen LogP contribution in [0.4, 0.5) is 4.39 Å². The van der Waals surface area contributed by atoms with Gasteiger partial charge in [0.15, 0.2) is 6.19 Å². The first-order valence-electron chi connectivity index (χ1n) is 9.02. The second-order valence-corrected chi connectivity index (χ2v) is 8.54. The van der Waals surface area contributed by atoms with Crippen LogP contribution in [0.1, 0.15) is 12.0 Å². The molecule has 0 aromatic heterocycles. The van der Waals surface area contributed by atoms with Gasteiger partial charge in [-0.25, -0.2) is 12.8 Å². The van der Waals surface area contributed by atoms with Gasteiger partial charge >= 0.3 is 0 Å². The largest absolute Gasteiger partial charge is 0.497 e. The monoisotopic (exact) mass is 419 g/mol. The third-order valence-electron chi connectivity index (χ3n) is 4.90. The summed E-state index contributed by atoms with van der Waals surface area (Å²) in [7, 11) is -1.19. The minimum atomic E-state index is -4.03. The number of nitrogens with zero attached hydrogens (tertiary/aromatic N) is 3. The standard InChI is InChI=1S/C20H22FN3O4S/c1-27-18-6-7-19(28-2)20(11-18)29(25,26)24(17-8-9-23(13-17)14-22)12-15-4-3-5-16(21)10-15/h3-7,10-11,17H,8-9,12-13H2,1-2H3. The van der Waals surface area contributed by atoms with Crippen molar-refractivity contribution in [3.05, 3.63) is 53.8 Å². The third kappa shape index (κ3) is 4.44. The Labute approximate surface area is 169 Å². The molecular formula is C20H22FN3O4S. The van der Waals surface area contributed by atoms with Crippen molar-refractivity contribution in [1.82, 2.24) is 9.21 Å². The van der Waals surface area contributed by atoms with Crippen molar-refractivity contribution in [3.63, 3.8) is 0 Å². The number of nitriles is 1. The number of ether oxygens (including phenoxy) is 2. The minimum absolute atomic E-state index is 0.0234. The normalized spacial score (nSPS) is 16.7. The van der Waals surface area contributed by atoms with Crippen molar-refractivity contribution in [2.24, 2.45) is 0 Å². The number of hydrogen-bond donors (Lipinski definition) is 0. The Morgan fingerprint density at radius 2 is 2.03 bits per heavy atom. The summed E-state index contributed by atoms with van der Waals surface area (Å²) in [6, 6.07) is 9.94. The molecule has 7 nitrogen and oxygen atoms in total.